The van der Waals surface area contributed by atoms with Crippen molar-refractivity contribution in [2.45, 2.75) is 20.1 Å². The lowest BCUT2D eigenvalue weighted by atomic mass is 10.2. The predicted octanol–water partition coefficient (Wildman–Crippen LogP) is 3.36. The number of benzene rings is 1. The molecule has 4 rings (SSSR count). The van der Waals surface area contributed by atoms with Gasteiger partial charge in [-0.25, -0.2) is 4.98 Å². The molecule has 1 aliphatic rings. The van der Waals surface area contributed by atoms with Gasteiger partial charge in [-0.15, -0.1) is 12.4 Å². The molecule has 1 aromatic carbocycles. The Morgan fingerprint density at radius 2 is 2.18 bits per heavy atom. The highest BCUT2D eigenvalue weighted by molar-refractivity contribution is 6.31. The van der Waals surface area contributed by atoms with Gasteiger partial charge in [-0.3, -0.25) is 4.79 Å². The summed E-state index contributed by atoms with van der Waals surface area (Å²) >= 11 is 6.00. The van der Waals surface area contributed by atoms with Crippen LogP contribution in [0.3, 0.4) is 0 Å². The van der Waals surface area contributed by atoms with Crippen molar-refractivity contribution >= 4 is 40.8 Å². The summed E-state index contributed by atoms with van der Waals surface area (Å²) < 4.78 is 2.02. The summed E-state index contributed by atoms with van der Waals surface area (Å²) in [6, 6.07) is 7.60. The summed E-state index contributed by atoms with van der Waals surface area (Å²) in [7, 11) is 0. The number of carbonyl (C=O) groups excluding carboxylic acids is 1. The van der Waals surface area contributed by atoms with Gasteiger partial charge in [0.05, 0.1) is 30.8 Å². The third kappa shape index (κ3) is 2.17. The first-order valence-corrected chi connectivity index (χ1v) is 7.08. The van der Waals surface area contributed by atoms with Crippen LogP contribution < -0.4 is 0 Å². The van der Waals surface area contributed by atoms with Gasteiger partial charge in [0.25, 0.3) is 5.91 Å². The second-order valence-corrected chi connectivity index (χ2v) is 5.72. The lowest BCUT2D eigenvalue weighted by Crippen LogP contribution is -2.24. The molecule has 0 saturated heterocycles. The summed E-state index contributed by atoms with van der Waals surface area (Å²) in [6.07, 6.45) is 1.66. The number of nitrogens with zero attached hydrogens (tertiary/aromatic N) is 3. The first-order chi connectivity index (χ1) is 10.1. The van der Waals surface area contributed by atoms with E-state index in [9.17, 15) is 4.79 Å². The number of aromatic amines is 1. The lowest BCUT2D eigenvalue weighted by Gasteiger charge is -2.14. The van der Waals surface area contributed by atoms with E-state index in [0.29, 0.717) is 23.9 Å². The Labute approximate surface area is 138 Å². The fourth-order valence-electron chi connectivity index (χ4n) is 2.82. The highest BCUT2D eigenvalue weighted by Gasteiger charge is 2.29. The van der Waals surface area contributed by atoms with Crippen LogP contribution in [0, 0.1) is 6.92 Å². The average molecular weight is 337 g/mol. The molecular formula is C15H14Cl2N4O. The van der Waals surface area contributed by atoms with Crippen molar-refractivity contribution in [1.82, 2.24) is 19.4 Å². The molecule has 22 heavy (non-hydrogen) atoms. The van der Waals surface area contributed by atoms with Gasteiger partial charge in [0.1, 0.15) is 5.69 Å². The van der Waals surface area contributed by atoms with E-state index >= 15 is 0 Å². The molecule has 0 bridgehead atoms. The van der Waals surface area contributed by atoms with Crippen molar-refractivity contribution < 1.29 is 4.79 Å². The first-order valence-electron chi connectivity index (χ1n) is 6.70. The second kappa shape index (κ2) is 5.34. The molecule has 7 heteroatoms. The Morgan fingerprint density at radius 3 is 2.91 bits per heavy atom. The Bertz CT molecular complexity index is 868. The van der Waals surface area contributed by atoms with Crippen molar-refractivity contribution in [3.63, 3.8) is 0 Å². The molecule has 0 spiro atoms. The Balaban J connectivity index is 0.00000144. The summed E-state index contributed by atoms with van der Waals surface area (Å²) in [6.45, 7) is 3.02. The number of halogens is 2. The number of nitrogens with one attached hydrogen (secondary N) is 1. The number of H-pyrrole nitrogens is 1. The maximum absolute atomic E-state index is 12.5. The van der Waals surface area contributed by atoms with E-state index in [1.165, 1.54) is 0 Å². The second-order valence-electron chi connectivity index (χ2n) is 5.28. The molecule has 114 valence electrons. The van der Waals surface area contributed by atoms with Crippen LogP contribution in [0.1, 0.15) is 21.9 Å². The molecule has 0 fully saturated rings. The van der Waals surface area contributed by atoms with E-state index in [-0.39, 0.29) is 18.3 Å². The van der Waals surface area contributed by atoms with E-state index in [1.54, 1.807) is 11.2 Å². The molecule has 0 atom stereocenters. The molecule has 5 nitrogen and oxygen atoms in total. The van der Waals surface area contributed by atoms with Crippen molar-refractivity contribution in [3.05, 3.63) is 52.7 Å². The fraction of sp³-hybridized carbons (Fsp3) is 0.200. The number of imidazole rings is 1. The summed E-state index contributed by atoms with van der Waals surface area (Å²) in [5.74, 6) is 0.0322. The van der Waals surface area contributed by atoms with Gasteiger partial charge in [-0.05, 0) is 31.2 Å². The van der Waals surface area contributed by atoms with Gasteiger partial charge in [-0.1, -0.05) is 11.6 Å². The molecule has 2 aromatic heterocycles. The lowest BCUT2D eigenvalue weighted by molar-refractivity contribution is 0.0755. The topological polar surface area (TPSA) is 53.9 Å². The zero-order valence-electron chi connectivity index (χ0n) is 11.8. The quantitative estimate of drug-likeness (QED) is 0.780. The summed E-state index contributed by atoms with van der Waals surface area (Å²) in [5, 5.41) is 1.68. The van der Waals surface area contributed by atoms with Crippen LogP contribution in [0.25, 0.3) is 10.9 Å². The first kappa shape index (κ1) is 14.9. The van der Waals surface area contributed by atoms with Crippen LogP contribution in [0.15, 0.2) is 30.6 Å². The molecule has 0 aliphatic carbocycles. The number of rotatable bonds is 2. The molecule has 1 amide bonds. The molecule has 1 aliphatic heterocycles. The number of hydrogen-bond donors (Lipinski definition) is 1. The van der Waals surface area contributed by atoms with Crippen molar-refractivity contribution in [2.75, 3.05) is 0 Å². The molecule has 1 N–H and O–H groups in total. The number of amides is 1. The third-order valence-corrected chi connectivity index (χ3v) is 4.19. The largest absolute Gasteiger partial charge is 0.348 e. The zero-order valence-corrected chi connectivity index (χ0v) is 13.4. The number of fused-ring (bicyclic) bond motifs is 3. The van der Waals surface area contributed by atoms with E-state index in [2.05, 4.69) is 9.97 Å². The molecule has 0 unspecified atom stereocenters. The Hall–Kier alpha value is -1.98. The predicted molar refractivity (Wildman–Crippen MR) is 87.4 cm³/mol. The van der Waals surface area contributed by atoms with E-state index in [4.69, 9.17) is 11.6 Å². The van der Waals surface area contributed by atoms with Gasteiger partial charge in [-0.2, -0.15) is 0 Å². The average Bonchev–Trinajstić information content (AvgIpc) is 3.09. The Kier molecular flexibility index (Phi) is 3.62. The maximum Gasteiger partial charge on any atom is 0.272 e. The zero-order chi connectivity index (χ0) is 14.6. The van der Waals surface area contributed by atoms with Gasteiger partial charge in [0.15, 0.2) is 0 Å². The summed E-state index contributed by atoms with van der Waals surface area (Å²) in [5.41, 5.74) is 3.64. The number of aryl methyl sites for hydroxylation is 1. The number of hydrogen-bond acceptors (Lipinski definition) is 2. The number of carbonyl (C=O) groups is 1. The van der Waals surface area contributed by atoms with Crippen LogP contribution in [-0.2, 0) is 13.2 Å². The monoisotopic (exact) mass is 336 g/mol. The van der Waals surface area contributed by atoms with E-state index < -0.39 is 0 Å². The highest BCUT2D eigenvalue weighted by Crippen LogP contribution is 2.29. The SMILES string of the molecule is Cc1[nH]cnc1CN1Cn2c(cc3cc(Cl)ccc32)C1=O.Cl. The van der Waals surface area contributed by atoms with Crippen LogP contribution in [0.4, 0.5) is 0 Å². The minimum absolute atomic E-state index is 0. The van der Waals surface area contributed by atoms with E-state index in [1.807, 2.05) is 35.8 Å². The highest BCUT2D eigenvalue weighted by atomic mass is 35.5. The van der Waals surface area contributed by atoms with Gasteiger partial charge >= 0.3 is 0 Å². The molecular weight excluding hydrogens is 323 g/mol. The maximum atomic E-state index is 12.5. The summed E-state index contributed by atoms with van der Waals surface area (Å²) in [4.78, 5) is 21.6. The van der Waals surface area contributed by atoms with Crippen molar-refractivity contribution in [3.8, 4) is 0 Å². The van der Waals surface area contributed by atoms with Gasteiger partial charge in [0, 0.05) is 16.1 Å². The molecule has 0 radical (unpaired) electrons. The fourth-order valence-corrected chi connectivity index (χ4v) is 3.00. The smallest absolute Gasteiger partial charge is 0.272 e. The standard InChI is InChI=1S/C15H13ClN4O.ClH/c1-9-12(18-7-17-9)6-19-8-20-13-3-2-11(16)4-10(13)5-14(20)15(19)21;/h2-5,7H,6,8H2,1H3,(H,17,18);1H. The third-order valence-electron chi connectivity index (χ3n) is 3.96. The van der Waals surface area contributed by atoms with Gasteiger partial charge < -0.3 is 14.5 Å². The number of aromatic nitrogens is 3. The minimum Gasteiger partial charge on any atom is -0.348 e. The van der Waals surface area contributed by atoms with Crippen LogP contribution >= 0.6 is 24.0 Å². The Morgan fingerprint density at radius 1 is 1.36 bits per heavy atom. The minimum atomic E-state index is 0. The van der Waals surface area contributed by atoms with Crippen LogP contribution in [-0.4, -0.2) is 25.3 Å². The van der Waals surface area contributed by atoms with Crippen LogP contribution in [0.2, 0.25) is 5.02 Å². The van der Waals surface area contributed by atoms with Crippen molar-refractivity contribution in [1.29, 1.82) is 0 Å². The van der Waals surface area contributed by atoms with Crippen LogP contribution in [0.5, 0.6) is 0 Å². The molecule has 3 heterocycles. The molecule has 0 saturated carbocycles. The van der Waals surface area contributed by atoms with Crippen molar-refractivity contribution in [2.24, 2.45) is 0 Å². The normalized spacial score (nSPS) is 13.5. The molecule has 3 aromatic rings. The van der Waals surface area contributed by atoms with Gasteiger partial charge in [0.2, 0.25) is 0 Å². The van der Waals surface area contributed by atoms with E-state index in [0.717, 1.165) is 22.3 Å².